The van der Waals surface area contributed by atoms with Crippen molar-refractivity contribution in [3.05, 3.63) is 48.2 Å². The molecule has 3 heteroatoms. The quantitative estimate of drug-likeness (QED) is 0.684. The van der Waals surface area contributed by atoms with E-state index in [0.29, 0.717) is 0 Å². The minimum Gasteiger partial charge on any atom is -0.443 e. The molecule has 0 spiro atoms. The zero-order valence-corrected chi connectivity index (χ0v) is 8.22. The maximum Gasteiger partial charge on any atom is 0.415 e. The summed E-state index contributed by atoms with van der Waals surface area (Å²) in [6.07, 6.45) is 0.477. The minimum absolute atomic E-state index is 0.0487. The summed E-state index contributed by atoms with van der Waals surface area (Å²) in [6.45, 7) is 3.82. The van der Waals surface area contributed by atoms with E-state index in [1.54, 1.807) is 4.90 Å². The third-order valence-electron chi connectivity index (χ3n) is 2.94. The third kappa shape index (κ3) is 1.23. The van der Waals surface area contributed by atoms with Crippen LogP contribution in [-0.2, 0) is 11.2 Å². The van der Waals surface area contributed by atoms with Crippen molar-refractivity contribution in [1.29, 1.82) is 0 Å². The van der Waals surface area contributed by atoms with Crippen LogP contribution in [0.1, 0.15) is 5.56 Å². The van der Waals surface area contributed by atoms with Gasteiger partial charge in [-0.1, -0.05) is 36.9 Å². The van der Waals surface area contributed by atoms with Gasteiger partial charge < -0.3 is 4.74 Å². The van der Waals surface area contributed by atoms with Crippen LogP contribution in [0.2, 0.25) is 0 Å². The fourth-order valence-electron chi connectivity index (χ4n) is 2.12. The zero-order valence-electron chi connectivity index (χ0n) is 8.22. The van der Waals surface area contributed by atoms with Gasteiger partial charge in [0.1, 0.15) is 12.1 Å². The fraction of sp³-hybridized carbons (Fsp3) is 0.250. The van der Waals surface area contributed by atoms with E-state index < -0.39 is 0 Å². The standard InChI is InChI=1S/C12H11NO2/c1-8-11-10(15-12(14)13(8)11)7-9-5-3-2-4-6-9/h2-6,10-11H,1,7H2/t10-,11+,13?/m1/s1. The van der Waals surface area contributed by atoms with Gasteiger partial charge in [-0.3, -0.25) is 4.90 Å². The number of carbonyl (C=O) groups is 1. The number of amides is 1. The van der Waals surface area contributed by atoms with Crippen molar-refractivity contribution in [2.45, 2.75) is 18.6 Å². The topological polar surface area (TPSA) is 29.3 Å². The van der Waals surface area contributed by atoms with Gasteiger partial charge in [-0.15, -0.1) is 0 Å². The van der Waals surface area contributed by atoms with Crippen LogP contribution in [0.25, 0.3) is 0 Å². The van der Waals surface area contributed by atoms with E-state index in [4.69, 9.17) is 4.74 Å². The molecule has 3 nitrogen and oxygen atoms in total. The van der Waals surface area contributed by atoms with Crippen LogP contribution in [0, 0.1) is 0 Å². The van der Waals surface area contributed by atoms with E-state index in [2.05, 4.69) is 6.58 Å². The minimum atomic E-state index is -0.245. The van der Waals surface area contributed by atoms with Crippen LogP contribution in [0.4, 0.5) is 4.79 Å². The Balaban J connectivity index is 1.76. The number of cyclic esters (lactones) is 1. The lowest BCUT2D eigenvalue weighted by Gasteiger charge is -2.09. The number of hydrogen-bond acceptors (Lipinski definition) is 2. The Bertz CT molecular complexity index is 427. The first-order chi connectivity index (χ1) is 7.27. The molecule has 2 heterocycles. The summed E-state index contributed by atoms with van der Waals surface area (Å²) in [6, 6.07) is 10.2. The molecule has 2 fully saturated rings. The second kappa shape index (κ2) is 2.86. The van der Waals surface area contributed by atoms with Crippen molar-refractivity contribution < 1.29 is 9.53 Å². The van der Waals surface area contributed by atoms with Gasteiger partial charge >= 0.3 is 6.09 Å². The van der Waals surface area contributed by atoms with Crippen molar-refractivity contribution in [3.63, 3.8) is 0 Å². The Morgan fingerprint density at radius 1 is 1.33 bits per heavy atom. The van der Waals surface area contributed by atoms with Gasteiger partial charge in [0, 0.05) is 12.1 Å². The summed E-state index contributed by atoms with van der Waals surface area (Å²) in [5, 5.41) is 0. The van der Waals surface area contributed by atoms with Gasteiger partial charge in [0.05, 0.1) is 0 Å². The van der Waals surface area contributed by atoms with E-state index in [0.717, 1.165) is 12.1 Å². The average Bonchev–Trinajstić information content (AvgIpc) is 2.78. The molecule has 2 aliphatic heterocycles. The van der Waals surface area contributed by atoms with Crippen molar-refractivity contribution in [2.24, 2.45) is 0 Å². The van der Waals surface area contributed by atoms with E-state index in [1.165, 1.54) is 5.56 Å². The highest BCUT2D eigenvalue weighted by molar-refractivity contribution is 5.79. The third-order valence-corrected chi connectivity index (χ3v) is 2.94. The van der Waals surface area contributed by atoms with Crippen LogP contribution in [0.3, 0.4) is 0 Å². The Hall–Kier alpha value is -1.77. The Labute approximate surface area is 88.0 Å². The molecule has 0 aliphatic carbocycles. The smallest absolute Gasteiger partial charge is 0.415 e. The summed E-state index contributed by atoms with van der Waals surface area (Å²) in [4.78, 5) is 12.9. The number of rotatable bonds is 2. The van der Waals surface area contributed by atoms with Crippen LogP contribution in [0.5, 0.6) is 0 Å². The Morgan fingerprint density at radius 3 is 2.67 bits per heavy atom. The average molecular weight is 201 g/mol. The zero-order chi connectivity index (χ0) is 10.4. The SMILES string of the molecule is C=C1[C@H]2[C@@H](Cc3ccccc3)OC(=O)N12. The number of fused-ring (bicyclic) bond motifs is 1. The van der Waals surface area contributed by atoms with Gasteiger partial charge in [-0.05, 0) is 5.56 Å². The van der Waals surface area contributed by atoms with Crippen molar-refractivity contribution in [2.75, 3.05) is 0 Å². The monoisotopic (exact) mass is 201 g/mol. The predicted molar refractivity (Wildman–Crippen MR) is 55.2 cm³/mol. The predicted octanol–water partition coefficient (Wildman–Crippen LogP) is 1.95. The van der Waals surface area contributed by atoms with Gasteiger partial charge in [-0.2, -0.15) is 0 Å². The highest BCUT2D eigenvalue weighted by atomic mass is 16.6. The molecule has 0 bridgehead atoms. The molecule has 0 radical (unpaired) electrons. The number of ether oxygens (including phenoxy) is 1. The van der Waals surface area contributed by atoms with Gasteiger partial charge in [-0.25, -0.2) is 4.79 Å². The number of carbonyl (C=O) groups excluding carboxylic acids is 1. The summed E-state index contributed by atoms with van der Waals surface area (Å²) in [5.74, 6) is 0. The summed E-state index contributed by atoms with van der Waals surface area (Å²) in [7, 11) is 0. The molecule has 3 rings (SSSR count). The second-order valence-electron chi connectivity index (χ2n) is 3.92. The fourth-order valence-corrected chi connectivity index (χ4v) is 2.12. The van der Waals surface area contributed by atoms with Crippen LogP contribution >= 0.6 is 0 Å². The maximum absolute atomic E-state index is 11.3. The Kier molecular flexibility index (Phi) is 1.63. The molecule has 1 aromatic rings. The lowest BCUT2D eigenvalue weighted by molar-refractivity contribution is 0.126. The van der Waals surface area contributed by atoms with Gasteiger partial charge in [0.25, 0.3) is 0 Å². The lowest BCUT2D eigenvalue weighted by Crippen LogP contribution is -2.18. The summed E-state index contributed by atoms with van der Waals surface area (Å²) in [5.41, 5.74) is 2.09. The first kappa shape index (κ1) is 8.53. The first-order valence-corrected chi connectivity index (χ1v) is 5.00. The lowest BCUT2D eigenvalue weighted by atomic mass is 10.1. The summed E-state index contributed by atoms with van der Waals surface area (Å²) < 4.78 is 5.22. The second-order valence-corrected chi connectivity index (χ2v) is 3.92. The highest BCUT2D eigenvalue weighted by Crippen LogP contribution is 2.42. The molecule has 0 N–H and O–H groups in total. The molecule has 76 valence electrons. The molecule has 1 amide bonds. The van der Waals surface area contributed by atoms with Crippen molar-refractivity contribution >= 4 is 6.09 Å². The number of hydrogen-bond donors (Lipinski definition) is 0. The Morgan fingerprint density at radius 2 is 2.07 bits per heavy atom. The van der Waals surface area contributed by atoms with E-state index in [9.17, 15) is 4.79 Å². The number of benzene rings is 1. The molecule has 2 aliphatic rings. The van der Waals surface area contributed by atoms with Crippen LogP contribution in [-0.4, -0.2) is 23.1 Å². The van der Waals surface area contributed by atoms with Gasteiger partial charge in [0.2, 0.25) is 0 Å². The normalized spacial score (nSPS) is 27.6. The van der Waals surface area contributed by atoms with Crippen LogP contribution < -0.4 is 0 Å². The van der Waals surface area contributed by atoms with E-state index >= 15 is 0 Å². The van der Waals surface area contributed by atoms with Crippen molar-refractivity contribution in [1.82, 2.24) is 4.90 Å². The van der Waals surface area contributed by atoms with E-state index in [-0.39, 0.29) is 18.2 Å². The highest BCUT2D eigenvalue weighted by Gasteiger charge is 2.57. The molecule has 0 aromatic heterocycles. The number of nitrogens with zero attached hydrogens (tertiary/aromatic N) is 1. The molecule has 2 atom stereocenters. The summed E-state index contributed by atoms with van der Waals surface area (Å²) >= 11 is 0. The molecule has 15 heavy (non-hydrogen) atoms. The molecule has 0 unspecified atom stereocenters. The first-order valence-electron chi connectivity index (χ1n) is 5.00. The molecular weight excluding hydrogens is 190 g/mol. The maximum atomic E-state index is 11.3. The molecule has 2 saturated heterocycles. The molecule has 0 saturated carbocycles. The molecular formula is C12H11NO2. The largest absolute Gasteiger partial charge is 0.443 e. The molecule has 1 aromatic carbocycles. The van der Waals surface area contributed by atoms with Crippen LogP contribution in [0.15, 0.2) is 42.6 Å². The van der Waals surface area contributed by atoms with E-state index in [1.807, 2.05) is 30.3 Å². The van der Waals surface area contributed by atoms with Crippen molar-refractivity contribution in [3.8, 4) is 0 Å². The van der Waals surface area contributed by atoms with Gasteiger partial charge in [0.15, 0.2) is 0 Å².